The normalized spacial score (nSPS) is 27.8. The molecule has 0 radical (unpaired) electrons. The van der Waals surface area contributed by atoms with E-state index in [0.717, 1.165) is 31.9 Å². The number of hydrogen-bond donors (Lipinski definition) is 2. The fraction of sp³-hybridized carbons (Fsp3) is 0.667. The van der Waals surface area contributed by atoms with Crippen LogP contribution in [0, 0.1) is 0 Å². The SMILES string of the molecule is CC1(CNc2ncc[nH]2)CCCO1. The van der Waals surface area contributed by atoms with Crippen LogP contribution in [0.15, 0.2) is 12.4 Å². The zero-order valence-corrected chi connectivity index (χ0v) is 7.84. The predicted molar refractivity (Wildman–Crippen MR) is 50.7 cm³/mol. The molecule has 1 aromatic heterocycles. The van der Waals surface area contributed by atoms with Gasteiger partial charge in [-0.05, 0) is 19.8 Å². The van der Waals surface area contributed by atoms with E-state index in [1.807, 2.05) is 0 Å². The Morgan fingerprint density at radius 2 is 2.69 bits per heavy atom. The quantitative estimate of drug-likeness (QED) is 0.740. The van der Waals surface area contributed by atoms with E-state index >= 15 is 0 Å². The highest BCUT2D eigenvalue weighted by Crippen LogP contribution is 2.24. The minimum Gasteiger partial charge on any atom is -0.373 e. The minimum absolute atomic E-state index is 0.00715. The van der Waals surface area contributed by atoms with Crippen molar-refractivity contribution in [3.63, 3.8) is 0 Å². The van der Waals surface area contributed by atoms with Crippen LogP contribution in [-0.2, 0) is 4.74 Å². The largest absolute Gasteiger partial charge is 0.373 e. The molecule has 0 spiro atoms. The van der Waals surface area contributed by atoms with E-state index in [1.54, 1.807) is 12.4 Å². The van der Waals surface area contributed by atoms with Crippen molar-refractivity contribution in [3.05, 3.63) is 12.4 Å². The van der Waals surface area contributed by atoms with E-state index in [4.69, 9.17) is 4.74 Å². The van der Waals surface area contributed by atoms with Crippen molar-refractivity contribution >= 4 is 5.95 Å². The highest BCUT2D eigenvalue weighted by Gasteiger charge is 2.29. The molecular formula is C9H15N3O. The molecule has 1 fully saturated rings. The van der Waals surface area contributed by atoms with Gasteiger partial charge in [-0.2, -0.15) is 0 Å². The van der Waals surface area contributed by atoms with Gasteiger partial charge in [0.15, 0.2) is 5.95 Å². The zero-order chi connectivity index (χ0) is 9.15. The Kier molecular flexibility index (Phi) is 2.22. The third kappa shape index (κ3) is 2.01. The zero-order valence-electron chi connectivity index (χ0n) is 7.84. The minimum atomic E-state index is -0.00715. The van der Waals surface area contributed by atoms with Crippen LogP contribution in [0.1, 0.15) is 19.8 Å². The van der Waals surface area contributed by atoms with Gasteiger partial charge < -0.3 is 15.0 Å². The van der Waals surface area contributed by atoms with Crippen LogP contribution >= 0.6 is 0 Å². The van der Waals surface area contributed by atoms with E-state index in [1.165, 1.54) is 0 Å². The number of nitrogens with one attached hydrogen (secondary N) is 2. The summed E-state index contributed by atoms with van der Waals surface area (Å²) in [6.07, 6.45) is 5.83. The van der Waals surface area contributed by atoms with Gasteiger partial charge in [0.25, 0.3) is 0 Å². The van der Waals surface area contributed by atoms with Gasteiger partial charge in [0.1, 0.15) is 0 Å². The molecule has 1 saturated heterocycles. The van der Waals surface area contributed by atoms with Crippen molar-refractivity contribution in [2.75, 3.05) is 18.5 Å². The number of H-pyrrole nitrogens is 1. The van der Waals surface area contributed by atoms with Gasteiger partial charge in [0, 0.05) is 25.5 Å². The second kappa shape index (κ2) is 3.38. The van der Waals surface area contributed by atoms with Crippen molar-refractivity contribution in [2.24, 2.45) is 0 Å². The third-order valence-corrected chi connectivity index (χ3v) is 2.43. The number of rotatable bonds is 3. The summed E-state index contributed by atoms with van der Waals surface area (Å²) in [5.74, 6) is 0.816. The Balaban J connectivity index is 1.85. The monoisotopic (exact) mass is 181 g/mol. The molecule has 1 atom stereocenters. The number of aromatic nitrogens is 2. The van der Waals surface area contributed by atoms with E-state index < -0.39 is 0 Å². The van der Waals surface area contributed by atoms with Crippen LogP contribution in [0.3, 0.4) is 0 Å². The van der Waals surface area contributed by atoms with Crippen molar-refractivity contribution in [2.45, 2.75) is 25.4 Å². The topological polar surface area (TPSA) is 49.9 Å². The number of nitrogens with zero attached hydrogens (tertiary/aromatic N) is 1. The van der Waals surface area contributed by atoms with Gasteiger partial charge in [-0.25, -0.2) is 4.98 Å². The van der Waals surface area contributed by atoms with E-state index in [0.29, 0.717) is 0 Å². The second-order valence-electron chi connectivity index (χ2n) is 3.69. The van der Waals surface area contributed by atoms with E-state index in [2.05, 4.69) is 22.2 Å². The molecule has 4 nitrogen and oxygen atoms in total. The Bertz CT molecular complexity index is 252. The van der Waals surface area contributed by atoms with Crippen molar-refractivity contribution in [3.8, 4) is 0 Å². The molecule has 2 heterocycles. The smallest absolute Gasteiger partial charge is 0.200 e. The van der Waals surface area contributed by atoms with Crippen LogP contribution < -0.4 is 5.32 Å². The predicted octanol–water partition coefficient (Wildman–Crippen LogP) is 1.39. The van der Waals surface area contributed by atoms with Crippen LogP contribution in [-0.4, -0.2) is 28.7 Å². The first-order chi connectivity index (χ1) is 6.29. The molecule has 0 aliphatic carbocycles. The molecular weight excluding hydrogens is 166 g/mol. The van der Waals surface area contributed by atoms with E-state index in [9.17, 15) is 0 Å². The van der Waals surface area contributed by atoms with Crippen LogP contribution in [0.4, 0.5) is 5.95 Å². The summed E-state index contributed by atoms with van der Waals surface area (Å²) in [6, 6.07) is 0. The summed E-state index contributed by atoms with van der Waals surface area (Å²) in [5.41, 5.74) is -0.00715. The molecule has 4 heteroatoms. The lowest BCUT2D eigenvalue weighted by molar-refractivity contribution is 0.0314. The van der Waals surface area contributed by atoms with Crippen molar-refractivity contribution in [1.82, 2.24) is 9.97 Å². The number of ether oxygens (including phenoxy) is 1. The number of imidazole rings is 1. The third-order valence-electron chi connectivity index (χ3n) is 2.43. The Morgan fingerprint density at radius 1 is 1.77 bits per heavy atom. The highest BCUT2D eigenvalue weighted by atomic mass is 16.5. The maximum atomic E-state index is 5.63. The number of anilines is 1. The summed E-state index contributed by atoms with van der Waals surface area (Å²) in [4.78, 5) is 7.09. The molecule has 0 aromatic carbocycles. The van der Waals surface area contributed by atoms with Gasteiger partial charge in [0.2, 0.25) is 0 Å². The second-order valence-corrected chi connectivity index (χ2v) is 3.69. The molecule has 1 unspecified atom stereocenters. The fourth-order valence-electron chi connectivity index (χ4n) is 1.61. The molecule has 1 aromatic rings. The van der Waals surface area contributed by atoms with Gasteiger partial charge >= 0.3 is 0 Å². The molecule has 2 N–H and O–H groups in total. The van der Waals surface area contributed by atoms with Crippen LogP contribution in [0.5, 0.6) is 0 Å². The molecule has 1 aliphatic heterocycles. The molecule has 1 aliphatic rings. The Morgan fingerprint density at radius 3 is 3.31 bits per heavy atom. The molecule has 72 valence electrons. The van der Waals surface area contributed by atoms with Gasteiger partial charge in [0.05, 0.1) is 5.60 Å². The van der Waals surface area contributed by atoms with Gasteiger partial charge in [-0.15, -0.1) is 0 Å². The van der Waals surface area contributed by atoms with Crippen LogP contribution in [0.2, 0.25) is 0 Å². The first-order valence-corrected chi connectivity index (χ1v) is 4.66. The fourth-order valence-corrected chi connectivity index (χ4v) is 1.61. The number of aromatic amines is 1. The van der Waals surface area contributed by atoms with Crippen molar-refractivity contribution in [1.29, 1.82) is 0 Å². The van der Waals surface area contributed by atoms with Crippen molar-refractivity contribution < 1.29 is 4.74 Å². The standard InChI is InChI=1S/C9H15N3O/c1-9(3-2-6-13-9)7-12-8-10-4-5-11-8/h4-5H,2-3,6-7H2,1H3,(H2,10,11,12). The summed E-state index contributed by atoms with van der Waals surface area (Å²) in [5, 5.41) is 3.22. The summed E-state index contributed by atoms with van der Waals surface area (Å²) < 4.78 is 5.63. The molecule has 0 amide bonds. The maximum Gasteiger partial charge on any atom is 0.200 e. The lowest BCUT2D eigenvalue weighted by Crippen LogP contribution is -2.32. The average molecular weight is 181 g/mol. The lowest BCUT2D eigenvalue weighted by Gasteiger charge is -2.22. The molecule has 0 saturated carbocycles. The maximum absolute atomic E-state index is 5.63. The van der Waals surface area contributed by atoms with E-state index in [-0.39, 0.29) is 5.60 Å². The number of hydrogen-bond acceptors (Lipinski definition) is 3. The molecule has 2 rings (SSSR count). The van der Waals surface area contributed by atoms with Crippen LogP contribution in [0.25, 0.3) is 0 Å². The summed E-state index contributed by atoms with van der Waals surface area (Å²) in [7, 11) is 0. The average Bonchev–Trinajstić information content (AvgIpc) is 2.72. The first-order valence-electron chi connectivity index (χ1n) is 4.66. The summed E-state index contributed by atoms with van der Waals surface area (Å²) >= 11 is 0. The Labute approximate surface area is 77.7 Å². The molecule has 13 heavy (non-hydrogen) atoms. The van der Waals surface area contributed by atoms with Gasteiger partial charge in [-0.1, -0.05) is 0 Å². The lowest BCUT2D eigenvalue weighted by atomic mass is 10.0. The molecule has 0 bridgehead atoms. The highest BCUT2D eigenvalue weighted by molar-refractivity contribution is 5.23. The first kappa shape index (κ1) is 8.56. The Hall–Kier alpha value is -1.03. The summed E-state index contributed by atoms with van der Waals surface area (Å²) in [6.45, 7) is 3.84. The van der Waals surface area contributed by atoms with Gasteiger partial charge in [-0.3, -0.25) is 0 Å².